The highest BCUT2D eigenvalue weighted by atomic mass is 127. The number of nitrogens with zero attached hydrogens (tertiary/aromatic N) is 1. The molecule has 0 aliphatic carbocycles. The zero-order chi connectivity index (χ0) is 16.1. The molecule has 6 heteroatoms. The number of nitro groups is 1. The van der Waals surface area contributed by atoms with E-state index in [4.69, 9.17) is 0 Å². The van der Waals surface area contributed by atoms with Gasteiger partial charge in [0.1, 0.15) is 0 Å². The van der Waals surface area contributed by atoms with Gasteiger partial charge in [-0.2, -0.15) is 0 Å². The minimum Gasteiger partial charge on any atom is -0.322 e. The van der Waals surface area contributed by atoms with Crippen LogP contribution in [0.2, 0.25) is 0 Å². The first-order chi connectivity index (χ1) is 10.5. The maximum Gasteiger partial charge on any atom is 0.270 e. The zero-order valence-electron chi connectivity index (χ0n) is 11.7. The van der Waals surface area contributed by atoms with E-state index in [1.807, 2.05) is 25.1 Å². The zero-order valence-corrected chi connectivity index (χ0v) is 13.9. The largest absolute Gasteiger partial charge is 0.322 e. The van der Waals surface area contributed by atoms with Crippen LogP contribution in [0.15, 0.2) is 48.5 Å². The molecule has 0 aromatic heterocycles. The fraction of sp³-hybridized carbons (Fsp3) is 0.0625. The molecule has 0 radical (unpaired) electrons. The molecular formula is C16H13IN2O3. The van der Waals surface area contributed by atoms with Crippen molar-refractivity contribution in [3.8, 4) is 0 Å². The van der Waals surface area contributed by atoms with Gasteiger partial charge in [-0.05, 0) is 64.9 Å². The van der Waals surface area contributed by atoms with Crippen molar-refractivity contribution >= 4 is 45.9 Å². The molecule has 2 rings (SSSR count). The highest BCUT2D eigenvalue weighted by Crippen LogP contribution is 2.18. The van der Waals surface area contributed by atoms with Gasteiger partial charge in [-0.15, -0.1) is 0 Å². The third kappa shape index (κ3) is 4.39. The van der Waals surface area contributed by atoms with E-state index in [1.165, 1.54) is 18.2 Å². The van der Waals surface area contributed by atoms with E-state index in [0.29, 0.717) is 5.56 Å². The first-order valence-electron chi connectivity index (χ1n) is 6.45. The van der Waals surface area contributed by atoms with Gasteiger partial charge in [-0.3, -0.25) is 14.9 Å². The van der Waals surface area contributed by atoms with Gasteiger partial charge in [0.2, 0.25) is 5.91 Å². The molecule has 112 valence electrons. The maximum atomic E-state index is 11.9. The molecule has 22 heavy (non-hydrogen) atoms. The van der Waals surface area contributed by atoms with Gasteiger partial charge in [-0.1, -0.05) is 12.1 Å². The van der Waals surface area contributed by atoms with Gasteiger partial charge in [0.25, 0.3) is 5.69 Å². The van der Waals surface area contributed by atoms with Crippen molar-refractivity contribution in [2.45, 2.75) is 6.92 Å². The van der Waals surface area contributed by atoms with Gasteiger partial charge in [0, 0.05) is 27.5 Å². The molecule has 0 aliphatic rings. The van der Waals surface area contributed by atoms with Gasteiger partial charge in [0.05, 0.1) is 4.92 Å². The number of aryl methyl sites for hydroxylation is 1. The normalized spacial score (nSPS) is 10.6. The quantitative estimate of drug-likeness (QED) is 0.358. The minimum absolute atomic E-state index is 0.00367. The van der Waals surface area contributed by atoms with Crippen LogP contribution >= 0.6 is 22.6 Å². The van der Waals surface area contributed by atoms with Crippen molar-refractivity contribution in [1.29, 1.82) is 0 Å². The summed E-state index contributed by atoms with van der Waals surface area (Å²) in [5.41, 5.74) is 2.32. The minimum atomic E-state index is -0.466. The van der Waals surface area contributed by atoms with Gasteiger partial charge in [0.15, 0.2) is 0 Å². The second kappa shape index (κ2) is 7.17. The lowest BCUT2D eigenvalue weighted by atomic mass is 10.2. The number of halogens is 1. The molecule has 0 aliphatic heterocycles. The predicted molar refractivity (Wildman–Crippen MR) is 94.7 cm³/mol. The first kappa shape index (κ1) is 16.2. The molecule has 0 spiro atoms. The van der Waals surface area contributed by atoms with Crippen LogP contribution in [0.4, 0.5) is 11.4 Å². The fourth-order valence-corrected chi connectivity index (χ4v) is 2.50. The SMILES string of the molecule is Cc1cc(I)ccc1NC(=O)/C=C/c1cccc([N+](=O)[O-])c1. The van der Waals surface area contributed by atoms with Gasteiger partial charge >= 0.3 is 0 Å². The summed E-state index contributed by atoms with van der Waals surface area (Å²) in [6.45, 7) is 1.92. The van der Waals surface area contributed by atoms with Crippen LogP contribution in [0.25, 0.3) is 6.08 Å². The van der Waals surface area contributed by atoms with Gasteiger partial charge in [-0.25, -0.2) is 0 Å². The maximum absolute atomic E-state index is 11.9. The molecule has 0 atom stereocenters. The third-order valence-corrected chi connectivity index (χ3v) is 3.63. The van der Waals surface area contributed by atoms with Crippen LogP contribution in [0.5, 0.6) is 0 Å². The van der Waals surface area contributed by atoms with Crippen LogP contribution in [0.3, 0.4) is 0 Å². The summed E-state index contributed by atoms with van der Waals surface area (Å²) in [6.07, 6.45) is 2.90. The van der Waals surface area contributed by atoms with Crippen LogP contribution in [0.1, 0.15) is 11.1 Å². The Bertz CT molecular complexity index is 757. The van der Waals surface area contributed by atoms with E-state index in [0.717, 1.165) is 14.8 Å². The lowest BCUT2D eigenvalue weighted by molar-refractivity contribution is -0.384. The van der Waals surface area contributed by atoms with Crippen LogP contribution in [-0.2, 0) is 4.79 Å². The Morgan fingerprint density at radius 3 is 2.73 bits per heavy atom. The lowest BCUT2D eigenvalue weighted by Crippen LogP contribution is -2.08. The Morgan fingerprint density at radius 1 is 1.27 bits per heavy atom. The predicted octanol–water partition coefficient (Wildman–Crippen LogP) is 4.16. The molecular weight excluding hydrogens is 395 g/mol. The van der Waals surface area contributed by atoms with Crippen molar-refractivity contribution in [1.82, 2.24) is 0 Å². The van der Waals surface area contributed by atoms with E-state index in [9.17, 15) is 14.9 Å². The molecule has 0 fully saturated rings. The van der Waals surface area contributed by atoms with Crippen molar-refractivity contribution < 1.29 is 9.72 Å². The van der Waals surface area contributed by atoms with E-state index in [1.54, 1.807) is 18.2 Å². The first-order valence-corrected chi connectivity index (χ1v) is 7.53. The Hall–Kier alpha value is -2.22. The fourth-order valence-electron chi connectivity index (χ4n) is 1.86. The number of benzene rings is 2. The van der Waals surface area contributed by atoms with E-state index >= 15 is 0 Å². The number of hydrogen-bond donors (Lipinski definition) is 1. The van der Waals surface area contributed by atoms with Crippen LogP contribution in [-0.4, -0.2) is 10.8 Å². The monoisotopic (exact) mass is 408 g/mol. The number of nitrogens with one attached hydrogen (secondary N) is 1. The second-order valence-electron chi connectivity index (χ2n) is 4.63. The summed E-state index contributed by atoms with van der Waals surface area (Å²) < 4.78 is 1.10. The Labute approximate surface area is 141 Å². The second-order valence-corrected chi connectivity index (χ2v) is 5.88. The highest BCUT2D eigenvalue weighted by molar-refractivity contribution is 14.1. The van der Waals surface area contributed by atoms with Crippen molar-refractivity contribution in [3.63, 3.8) is 0 Å². The number of rotatable bonds is 4. The number of nitro benzene ring substituents is 1. The lowest BCUT2D eigenvalue weighted by Gasteiger charge is -2.06. The molecule has 0 bridgehead atoms. The summed E-state index contributed by atoms with van der Waals surface area (Å²) in [6, 6.07) is 11.8. The van der Waals surface area contributed by atoms with E-state index < -0.39 is 4.92 Å². The van der Waals surface area contributed by atoms with Crippen LogP contribution < -0.4 is 5.32 Å². The average Bonchev–Trinajstić information content (AvgIpc) is 2.48. The van der Waals surface area contributed by atoms with Crippen molar-refractivity contribution in [3.05, 3.63) is 73.4 Å². The number of amides is 1. The summed E-state index contributed by atoms with van der Waals surface area (Å²) in [5, 5.41) is 13.5. The number of anilines is 1. The van der Waals surface area contributed by atoms with Crippen LogP contribution in [0, 0.1) is 20.6 Å². The molecule has 1 N–H and O–H groups in total. The standard InChI is InChI=1S/C16H13IN2O3/c1-11-9-13(17)6-7-15(11)18-16(20)8-5-12-3-2-4-14(10-12)19(21)22/h2-10H,1H3,(H,18,20)/b8-5+. The molecule has 0 heterocycles. The molecule has 0 saturated heterocycles. The Morgan fingerprint density at radius 2 is 2.05 bits per heavy atom. The summed E-state index contributed by atoms with van der Waals surface area (Å²) >= 11 is 2.21. The van der Waals surface area contributed by atoms with E-state index in [-0.39, 0.29) is 11.6 Å². The summed E-state index contributed by atoms with van der Waals surface area (Å²) in [5.74, 6) is -0.282. The molecule has 0 saturated carbocycles. The molecule has 5 nitrogen and oxygen atoms in total. The van der Waals surface area contributed by atoms with E-state index in [2.05, 4.69) is 27.9 Å². The summed E-state index contributed by atoms with van der Waals surface area (Å²) in [7, 11) is 0. The smallest absolute Gasteiger partial charge is 0.270 e. The number of carbonyl (C=O) groups is 1. The van der Waals surface area contributed by atoms with Crippen molar-refractivity contribution in [2.24, 2.45) is 0 Å². The number of non-ortho nitro benzene ring substituents is 1. The van der Waals surface area contributed by atoms with Gasteiger partial charge < -0.3 is 5.32 Å². The Balaban J connectivity index is 2.08. The molecule has 2 aromatic carbocycles. The summed E-state index contributed by atoms with van der Waals surface area (Å²) in [4.78, 5) is 22.1. The number of hydrogen-bond acceptors (Lipinski definition) is 3. The molecule has 0 unspecified atom stereocenters. The molecule has 1 amide bonds. The Kier molecular flexibility index (Phi) is 5.26. The van der Waals surface area contributed by atoms with Crippen molar-refractivity contribution in [2.75, 3.05) is 5.32 Å². The third-order valence-electron chi connectivity index (χ3n) is 2.95. The number of carbonyl (C=O) groups excluding carboxylic acids is 1. The average molecular weight is 408 g/mol. The topological polar surface area (TPSA) is 72.2 Å². The highest BCUT2D eigenvalue weighted by Gasteiger charge is 2.05. The molecule has 2 aromatic rings.